The Bertz CT molecular complexity index is 210. The Labute approximate surface area is 93.5 Å². The minimum Gasteiger partial charge on any atom is -0.685 e. The third kappa shape index (κ3) is 3.88. The summed E-state index contributed by atoms with van der Waals surface area (Å²) in [4.78, 5) is 0. The fraction of sp³-hybridized carbons (Fsp3) is 0.333. The van der Waals surface area contributed by atoms with Crippen molar-refractivity contribution in [1.29, 1.82) is 0 Å². The number of benzene rings is 1. The molecule has 0 atom stereocenters. The number of hydrogen-bond acceptors (Lipinski definition) is 0. The van der Waals surface area contributed by atoms with Gasteiger partial charge in [-0.1, -0.05) is 36.8 Å². The SMILES string of the molecule is CC[N-]c1cccc(C)c1.[Y]. The minimum absolute atomic E-state index is 0. The third-order valence-electron chi connectivity index (χ3n) is 1.34. The molecular formula is C9H12NY-. The van der Waals surface area contributed by atoms with Crippen molar-refractivity contribution in [3.8, 4) is 0 Å². The van der Waals surface area contributed by atoms with Crippen LogP contribution >= 0.6 is 0 Å². The summed E-state index contributed by atoms with van der Waals surface area (Å²) in [6.07, 6.45) is 0. The number of rotatable bonds is 2. The molecule has 0 spiro atoms. The molecule has 0 saturated heterocycles. The average Bonchev–Trinajstić information content (AvgIpc) is 1.88. The molecule has 0 N–H and O–H groups in total. The molecule has 0 unspecified atom stereocenters. The van der Waals surface area contributed by atoms with Gasteiger partial charge in [0, 0.05) is 32.7 Å². The van der Waals surface area contributed by atoms with Crippen molar-refractivity contribution in [3.05, 3.63) is 35.1 Å². The largest absolute Gasteiger partial charge is 0.685 e. The Morgan fingerprint density at radius 2 is 2.09 bits per heavy atom. The van der Waals surface area contributed by atoms with Crippen molar-refractivity contribution in [2.24, 2.45) is 0 Å². The second kappa shape index (κ2) is 5.73. The van der Waals surface area contributed by atoms with Crippen LogP contribution in [-0.4, -0.2) is 6.54 Å². The monoisotopic (exact) mass is 223 g/mol. The first-order valence-electron chi connectivity index (χ1n) is 3.57. The summed E-state index contributed by atoms with van der Waals surface area (Å²) >= 11 is 0. The fourth-order valence-corrected chi connectivity index (χ4v) is 0.909. The summed E-state index contributed by atoms with van der Waals surface area (Å²) in [5.41, 5.74) is 2.36. The van der Waals surface area contributed by atoms with Gasteiger partial charge in [0.25, 0.3) is 0 Å². The predicted molar refractivity (Wildman–Crippen MR) is 44.7 cm³/mol. The van der Waals surface area contributed by atoms with E-state index in [0.717, 1.165) is 12.2 Å². The zero-order valence-electron chi connectivity index (χ0n) is 7.04. The van der Waals surface area contributed by atoms with Gasteiger partial charge in [0.1, 0.15) is 0 Å². The maximum absolute atomic E-state index is 4.27. The van der Waals surface area contributed by atoms with Crippen LogP contribution < -0.4 is 0 Å². The van der Waals surface area contributed by atoms with Gasteiger partial charge in [-0.3, -0.25) is 0 Å². The van der Waals surface area contributed by atoms with Crippen molar-refractivity contribution in [2.75, 3.05) is 6.54 Å². The maximum atomic E-state index is 4.27. The normalized spacial score (nSPS) is 8.55. The van der Waals surface area contributed by atoms with Crippen LogP contribution in [0.4, 0.5) is 5.69 Å². The zero-order valence-corrected chi connectivity index (χ0v) is 9.88. The zero-order chi connectivity index (χ0) is 7.40. The number of nitrogens with zero attached hydrogens (tertiary/aromatic N) is 1. The topological polar surface area (TPSA) is 14.1 Å². The van der Waals surface area contributed by atoms with E-state index in [9.17, 15) is 0 Å². The summed E-state index contributed by atoms with van der Waals surface area (Å²) in [6.45, 7) is 4.99. The van der Waals surface area contributed by atoms with Gasteiger partial charge in [-0.25, -0.2) is 0 Å². The van der Waals surface area contributed by atoms with E-state index >= 15 is 0 Å². The second-order valence-electron chi connectivity index (χ2n) is 2.31. The Morgan fingerprint density at radius 1 is 1.36 bits per heavy atom. The summed E-state index contributed by atoms with van der Waals surface area (Å²) in [6, 6.07) is 8.22. The van der Waals surface area contributed by atoms with Gasteiger partial charge in [-0.05, 0) is 6.92 Å². The molecule has 0 bridgehead atoms. The average molecular weight is 223 g/mol. The van der Waals surface area contributed by atoms with Gasteiger partial charge in [0.05, 0.1) is 0 Å². The first kappa shape index (κ1) is 11.1. The Kier molecular flexibility index (Phi) is 5.80. The standard InChI is InChI=1S/C9H12N.Y/c1-3-10-9-6-4-5-8(2)7-9;/h4-7H,3H2,1-2H3;/q-1;. The van der Waals surface area contributed by atoms with E-state index in [1.165, 1.54) is 5.56 Å². The Hall–Kier alpha value is 0.124. The second-order valence-corrected chi connectivity index (χ2v) is 2.31. The molecule has 1 rings (SSSR count). The summed E-state index contributed by atoms with van der Waals surface area (Å²) in [5.74, 6) is 0. The van der Waals surface area contributed by atoms with E-state index in [-0.39, 0.29) is 32.7 Å². The van der Waals surface area contributed by atoms with Crippen molar-refractivity contribution < 1.29 is 32.7 Å². The predicted octanol–water partition coefficient (Wildman–Crippen LogP) is 3.02. The van der Waals surface area contributed by atoms with Crippen molar-refractivity contribution in [1.82, 2.24) is 0 Å². The smallest absolute Gasteiger partial charge is 0 e. The molecule has 1 radical (unpaired) electrons. The number of aryl methyl sites for hydroxylation is 1. The van der Waals surface area contributed by atoms with Crippen LogP contribution in [0, 0.1) is 6.92 Å². The molecule has 0 aliphatic carbocycles. The van der Waals surface area contributed by atoms with Crippen LogP contribution in [0.2, 0.25) is 0 Å². The molecule has 1 nitrogen and oxygen atoms in total. The van der Waals surface area contributed by atoms with E-state index in [0.29, 0.717) is 0 Å². The summed E-state index contributed by atoms with van der Waals surface area (Å²) < 4.78 is 0. The van der Waals surface area contributed by atoms with Crippen LogP contribution in [0.3, 0.4) is 0 Å². The fourth-order valence-electron chi connectivity index (χ4n) is 0.909. The molecule has 0 fully saturated rings. The number of hydrogen-bond donors (Lipinski definition) is 0. The maximum Gasteiger partial charge on any atom is 0 e. The van der Waals surface area contributed by atoms with Gasteiger partial charge in [-0.2, -0.15) is 0 Å². The molecule has 11 heavy (non-hydrogen) atoms. The van der Waals surface area contributed by atoms with Crippen LogP contribution in [0.5, 0.6) is 0 Å². The van der Waals surface area contributed by atoms with Crippen molar-refractivity contribution in [3.63, 3.8) is 0 Å². The molecule has 57 valence electrons. The molecule has 0 aliphatic rings. The molecule has 0 aliphatic heterocycles. The Morgan fingerprint density at radius 3 is 2.64 bits per heavy atom. The first-order valence-corrected chi connectivity index (χ1v) is 3.57. The van der Waals surface area contributed by atoms with E-state index in [1.807, 2.05) is 19.1 Å². The molecule has 1 aromatic rings. The van der Waals surface area contributed by atoms with Crippen LogP contribution in [0.1, 0.15) is 12.5 Å². The van der Waals surface area contributed by atoms with Gasteiger partial charge in [0.15, 0.2) is 0 Å². The van der Waals surface area contributed by atoms with Crippen molar-refractivity contribution in [2.45, 2.75) is 13.8 Å². The molecule has 1 aromatic carbocycles. The molecule has 0 aromatic heterocycles. The van der Waals surface area contributed by atoms with Crippen molar-refractivity contribution >= 4 is 5.69 Å². The quantitative estimate of drug-likeness (QED) is 0.731. The van der Waals surface area contributed by atoms with Crippen LogP contribution in [0.15, 0.2) is 24.3 Å². The van der Waals surface area contributed by atoms with Gasteiger partial charge in [0.2, 0.25) is 0 Å². The van der Waals surface area contributed by atoms with E-state index in [4.69, 9.17) is 0 Å². The molecule has 0 saturated carbocycles. The molecule has 0 heterocycles. The molecular weight excluding hydrogens is 211 g/mol. The van der Waals surface area contributed by atoms with E-state index < -0.39 is 0 Å². The van der Waals surface area contributed by atoms with Gasteiger partial charge >= 0.3 is 0 Å². The first-order chi connectivity index (χ1) is 4.83. The molecule has 2 heteroatoms. The van der Waals surface area contributed by atoms with Gasteiger partial charge < -0.3 is 5.32 Å². The van der Waals surface area contributed by atoms with Crippen LogP contribution in [0.25, 0.3) is 5.32 Å². The van der Waals surface area contributed by atoms with Gasteiger partial charge in [-0.15, -0.1) is 12.2 Å². The molecule has 0 amide bonds. The minimum atomic E-state index is 0. The summed E-state index contributed by atoms with van der Waals surface area (Å²) in [7, 11) is 0. The Balaban J connectivity index is 0.000001000. The van der Waals surface area contributed by atoms with Crippen LogP contribution in [-0.2, 0) is 32.7 Å². The van der Waals surface area contributed by atoms with E-state index in [1.54, 1.807) is 0 Å². The third-order valence-corrected chi connectivity index (χ3v) is 1.34. The van der Waals surface area contributed by atoms with E-state index in [2.05, 4.69) is 24.4 Å². The summed E-state index contributed by atoms with van der Waals surface area (Å²) in [5, 5.41) is 4.27.